The van der Waals surface area contributed by atoms with E-state index in [9.17, 15) is 0 Å². The maximum atomic E-state index is 6.12. The molecule has 2 heterocycles. The minimum atomic E-state index is 0.152. The summed E-state index contributed by atoms with van der Waals surface area (Å²) >= 11 is 9.27. The van der Waals surface area contributed by atoms with Crippen LogP contribution >= 0.6 is 43.2 Å². The van der Waals surface area contributed by atoms with Gasteiger partial charge in [0.05, 0.1) is 4.83 Å². The first-order valence-electron chi connectivity index (χ1n) is 6.78. The number of para-hydroxylation sites is 1. The normalized spacial score (nSPS) is 18.5. The van der Waals surface area contributed by atoms with Gasteiger partial charge in [0.2, 0.25) is 0 Å². The molecular formula is C17H12Br2OS. The van der Waals surface area contributed by atoms with Crippen molar-refractivity contribution in [2.75, 3.05) is 0 Å². The van der Waals surface area contributed by atoms with Crippen molar-refractivity contribution in [3.8, 4) is 5.75 Å². The highest BCUT2D eigenvalue weighted by molar-refractivity contribution is 9.10. The minimum absolute atomic E-state index is 0.152. The van der Waals surface area contributed by atoms with Gasteiger partial charge in [-0.2, -0.15) is 0 Å². The smallest absolute Gasteiger partial charge is 0.123 e. The van der Waals surface area contributed by atoms with Crippen molar-refractivity contribution in [1.29, 1.82) is 0 Å². The Labute approximate surface area is 144 Å². The molecule has 2 aromatic carbocycles. The van der Waals surface area contributed by atoms with Gasteiger partial charge in [0, 0.05) is 15.6 Å². The van der Waals surface area contributed by atoms with Crippen LogP contribution in [-0.4, -0.2) is 6.10 Å². The maximum absolute atomic E-state index is 6.12. The van der Waals surface area contributed by atoms with Crippen molar-refractivity contribution >= 4 is 53.3 Å². The average Bonchev–Trinajstić information content (AvgIpc) is 3.11. The second-order valence-corrected chi connectivity index (χ2v) is 7.90. The largest absolute Gasteiger partial charge is 0.488 e. The molecule has 0 radical (unpaired) electrons. The van der Waals surface area contributed by atoms with Crippen LogP contribution in [0.15, 0.2) is 52.3 Å². The molecule has 0 fully saturated rings. The van der Waals surface area contributed by atoms with E-state index >= 15 is 0 Å². The molecule has 2 atom stereocenters. The van der Waals surface area contributed by atoms with Gasteiger partial charge >= 0.3 is 0 Å². The highest BCUT2D eigenvalue weighted by Crippen LogP contribution is 2.43. The molecule has 0 bridgehead atoms. The van der Waals surface area contributed by atoms with Crippen LogP contribution in [0.5, 0.6) is 5.75 Å². The fourth-order valence-electron chi connectivity index (χ4n) is 2.83. The molecule has 21 heavy (non-hydrogen) atoms. The summed E-state index contributed by atoms with van der Waals surface area (Å²) in [5.41, 5.74) is 2.61. The molecule has 0 spiro atoms. The zero-order valence-electron chi connectivity index (χ0n) is 11.1. The number of fused-ring (bicyclic) bond motifs is 2. The summed E-state index contributed by atoms with van der Waals surface area (Å²) in [6.07, 6.45) is 1.11. The molecule has 0 aliphatic carbocycles. The van der Waals surface area contributed by atoms with Crippen molar-refractivity contribution in [2.45, 2.75) is 17.4 Å². The summed E-state index contributed by atoms with van der Waals surface area (Å²) in [7, 11) is 0. The SMILES string of the molecule is Brc1cccc2c(C(Br)C3Cc4ccccc4O3)csc12. The Morgan fingerprint density at radius 1 is 1.14 bits per heavy atom. The first-order chi connectivity index (χ1) is 10.2. The van der Waals surface area contributed by atoms with Crippen LogP contribution < -0.4 is 4.74 Å². The van der Waals surface area contributed by atoms with E-state index in [-0.39, 0.29) is 10.9 Å². The molecule has 4 heteroatoms. The molecule has 1 nitrogen and oxygen atoms in total. The van der Waals surface area contributed by atoms with Gasteiger partial charge in [0.15, 0.2) is 0 Å². The Balaban J connectivity index is 1.69. The van der Waals surface area contributed by atoms with E-state index in [0.717, 1.165) is 16.6 Å². The second kappa shape index (κ2) is 5.41. The Hall–Kier alpha value is -0.840. The quantitative estimate of drug-likeness (QED) is 0.452. The molecule has 106 valence electrons. The number of hydrogen-bond donors (Lipinski definition) is 0. The lowest BCUT2D eigenvalue weighted by Gasteiger charge is -2.17. The zero-order valence-corrected chi connectivity index (χ0v) is 15.0. The molecule has 0 saturated carbocycles. The van der Waals surface area contributed by atoms with Crippen LogP contribution in [0.1, 0.15) is 16.0 Å². The third-order valence-corrected chi connectivity index (χ3v) is 6.93. The second-order valence-electron chi connectivity index (χ2n) is 5.18. The van der Waals surface area contributed by atoms with Gasteiger partial charge in [-0.25, -0.2) is 0 Å². The van der Waals surface area contributed by atoms with E-state index < -0.39 is 0 Å². The third kappa shape index (κ3) is 2.33. The average molecular weight is 424 g/mol. The Morgan fingerprint density at radius 3 is 2.86 bits per heavy atom. The topological polar surface area (TPSA) is 9.23 Å². The van der Waals surface area contributed by atoms with Crippen LogP contribution in [0.2, 0.25) is 0 Å². The first kappa shape index (κ1) is 13.8. The van der Waals surface area contributed by atoms with Crippen LogP contribution in [0, 0.1) is 0 Å². The van der Waals surface area contributed by atoms with Crippen molar-refractivity contribution in [2.24, 2.45) is 0 Å². The fourth-order valence-corrected chi connectivity index (χ4v) is 5.33. The summed E-state index contributed by atoms with van der Waals surface area (Å²) in [5.74, 6) is 1.02. The highest BCUT2D eigenvalue weighted by atomic mass is 79.9. The van der Waals surface area contributed by atoms with Crippen molar-refractivity contribution in [1.82, 2.24) is 0 Å². The van der Waals surface area contributed by atoms with Crippen molar-refractivity contribution in [3.05, 3.63) is 63.4 Å². The summed E-state index contributed by atoms with van der Waals surface area (Å²) in [4.78, 5) is 0.202. The van der Waals surface area contributed by atoms with E-state index in [4.69, 9.17) is 4.74 Å². The molecule has 4 rings (SSSR count). The van der Waals surface area contributed by atoms with Crippen LogP contribution in [0.4, 0.5) is 0 Å². The van der Waals surface area contributed by atoms with Crippen molar-refractivity contribution < 1.29 is 4.74 Å². The van der Waals surface area contributed by atoms with Gasteiger partial charge in [-0.3, -0.25) is 0 Å². The molecular weight excluding hydrogens is 412 g/mol. The number of alkyl halides is 1. The van der Waals surface area contributed by atoms with Crippen LogP contribution in [0.3, 0.4) is 0 Å². The van der Waals surface area contributed by atoms with E-state index in [1.54, 1.807) is 11.3 Å². The Morgan fingerprint density at radius 2 is 2.00 bits per heavy atom. The number of halogens is 2. The van der Waals surface area contributed by atoms with Gasteiger partial charge in [0.25, 0.3) is 0 Å². The van der Waals surface area contributed by atoms with E-state index in [1.807, 2.05) is 6.07 Å². The molecule has 1 aromatic heterocycles. The third-order valence-electron chi connectivity index (χ3n) is 3.88. The van der Waals surface area contributed by atoms with Gasteiger partial charge < -0.3 is 4.74 Å². The molecule has 0 saturated heterocycles. The fraction of sp³-hybridized carbons (Fsp3) is 0.176. The first-order valence-corrected chi connectivity index (χ1v) is 9.37. The van der Waals surface area contributed by atoms with Crippen LogP contribution in [-0.2, 0) is 6.42 Å². The lowest BCUT2D eigenvalue weighted by molar-refractivity contribution is 0.232. The maximum Gasteiger partial charge on any atom is 0.123 e. The lowest BCUT2D eigenvalue weighted by Crippen LogP contribution is -2.18. The number of ether oxygens (including phenoxy) is 1. The summed E-state index contributed by atoms with van der Waals surface area (Å²) < 4.78 is 8.58. The highest BCUT2D eigenvalue weighted by Gasteiger charge is 2.31. The zero-order chi connectivity index (χ0) is 14.4. The van der Waals surface area contributed by atoms with Crippen molar-refractivity contribution in [3.63, 3.8) is 0 Å². The minimum Gasteiger partial charge on any atom is -0.488 e. The van der Waals surface area contributed by atoms with E-state index in [0.29, 0.717) is 0 Å². The number of rotatable bonds is 2. The predicted molar refractivity (Wildman–Crippen MR) is 95.8 cm³/mol. The van der Waals surface area contributed by atoms with Crippen LogP contribution in [0.25, 0.3) is 10.1 Å². The Kier molecular flexibility index (Phi) is 3.56. The van der Waals surface area contributed by atoms with Gasteiger partial charge in [-0.15, -0.1) is 11.3 Å². The molecule has 1 aliphatic rings. The van der Waals surface area contributed by atoms with Gasteiger partial charge in [-0.05, 0) is 50.0 Å². The Bertz CT molecular complexity index is 786. The predicted octanol–water partition coefficient (Wildman–Crippen LogP) is 6.10. The molecule has 3 aromatic rings. The molecule has 1 aliphatic heterocycles. The summed E-state index contributed by atoms with van der Waals surface area (Å²) in [6, 6.07) is 14.7. The van der Waals surface area contributed by atoms with Gasteiger partial charge in [-0.1, -0.05) is 46.3 Å². The number of benzene rings is 2. The van der Waals surface area contributed by atoms with E-state index in [2.05, 4.69) is 73.6 Å². The molecule has 2 unspecified atom stereocenters. The molecule has 0 N–H and O–H groups in total. The standard InChI is InChI=1S/C17H12Br2OS/c18-13-6-3-5-11-12(9-21-17(11)13)16(19)15-8-10-4-1-2-7-14(10)20-15/h1-7,9,15-16H,8H2. The number of thiophene rings is 1. The summed E-state index contributed by atoms with van der Waals surface area (Å²) in [6.45, 7) is 0. The lowest BCUT2D eigenvalue weighted by atomic mass is 10.0. The summed E-state index contributed by atoms with van der Waals surface area (Å²) in [5, 5.41) is 3.54. The van der Waals surface area contributed by atoms with Gasteiger partial charge in [0.1, 0.15) is 11.9 Å². The number of hydrogen-bond acceptors (Lipinski definition) is 2. The molecule has 0 amide bonds. The monoisotopic (exact) mass is 422 g/mol. The van der Waals surface area contributed by atoms with E-state index in [1.165, 1.54) is 21.2 Å².